The first-order valence-corrected chi connectivity index (χ1v) is 16.8. The van der Waals surface area contributed by atoms with Crippen molar-refractivity contribution in [3.63, 3.8) is 0 Å². The Morgan fingerprint density at radius 3 is 2.48 bits per heavy atom. The molecule has 9 nitrogen and oxygen atoms in total. The molecule has 2 aliphatic carbocycles. The van der Waals surface area contributed by atoms with Gasteiger partial charge in [-0.2, -0.15) is 10.1 Å². The van der Waals surface area contributed by atoms with Crippen LogP contribution in [0.15, 0.2) is 29.6 Å². The van der Waals surface area contributed by atoms with E-state index in [0.29, 0.717) is 51.3 Å². The van der Waals surface area contributed by atoms with E-state index < -0.39 is 10.8 Å². The van der Waals surface area contributed by atoms with E-state index in [1.54, 1.807) is 24.1 Å². The fourth-order valence-electron chi connectivity index (χ4n) is 5.61. The second kappa shape index (κ2) is 13.3. The summed E-state index contributed by atoms with van der Waals surface area (Å²) in [5.74, 6) is 2.97. The Morgan fingerprint density at radius 2 is 1.81 bits per heavy atom. The van der Waals surface area contributed by atoms with Crippen LogP contribution in [0.3, 0.4) is 0 Å². The highest BCUT2D eigenvalue weighted by atomic mass is 35.5. The Labute approximate surface area is 257 Å². The van der Waals surface area contributed by atoms with Crippen LogP contribution in [0.5, 0.6) is 5.75 Å². The summed E-state index contributed by atoms with van der Waals surface area (Å²) in [5.41, 5.74) is 4.06. The van der Waals surface area contributed by atoms with E-state index in [1.165, 1.54) is 36.8 Å². The molecule has 42 heavy (non-hydrogen) atoms. The summed E-state index contributed by atoms with van der Waals surface area (Å²) in [5, 5.41) is 15.6. The van der Waals surface area contributed by atoms with Gasteiger partial charge in [0.05, 0.1) is 34.5 Å². The molecule has 2 aromatic heterocycles. The van der Waals surface area contributed by atoms with Crippen LogP contribution in [0, 0.1) is 12.8 Å². The van der Waals surface area contributed by atoms with Crippen molar-refractivity contribution < 1.29 is 8.95 Å². The monoisotopic (exact) mass is 613 g/mol. The second-order valence-corrected chi connectivity index (χ2v) is 14.3. The van der Waals surface area contributed by atoms with Crippen LogP contribution in [0.25, 0.3) is 0 Å². The van der Waals surface area contributed by atoms with Gasteiger partial charge in [-0.15, -0.1) is 0 Å². The predicted molar refractivity (Wildman–Crippen MR) is 171 cm³/mol. The van der Waals surface area contributed by atoms with Crippen molar-refractivity contribution >= 4 is 45.5 Å². The lowest BCUT2D eigenvalue weighted by atomic mass is 9.80. The van der Waals surface area contributed by atoms with E-state index in [-0.39, 0.29) is 12.0 Å². The summed E-state index contributed by atoms with van der Waals surface area (Å²) in [6, 6.07) is 5.51. The first-order chi connectivity index (χ1) is 20.0. The molecule has 1 aromatic carbocycles. The maximum atomic E-state index is 12.9. The van der Waals surface area contributed by atoms with Gasteiger partial charge in [0.15, 0.2) is 10.8 Å². The van der Waals surface area contributed by atoms with Gasteiger partial charge in [0, 0.05) is 31.1 Å². The van der Waals surface area contributed by atoms with Crippen LogP contribution in [-0.2, 0) is 17.8 Å². The third kappa shape index (κ3) is 7.82. The summed E-state index contributed by atoms with van der Waals surface area (Å²) in [4.78, 5) is 9.13. The van der Waals surface area contributed by atoms with Gasteiger partial charge in [-0.25, -0.2) is 4.98 Å². The van der Waals surface area contributed by atoms with Gasteiger partial charge >= 0.3 is 0 Å². The number of halogens is 1. The minimum Gasteiger partial charge on any atom is -0.488 e. The third-order valence-electron chi connectivity index (χ3n) is 7.66. The quantitative estimate of drug-likeness (QED) is 0.201. The standard InChI is InChI=1S/C31H44ClN7O2S/c1-18(2)17-42(40)30-27(16-39(6)38-30)35-29-25(32)15-33-31(37-29)36-26-13-20(5)24(14-28(26)41-23-11-12-23)21-7-9-22(10-8-21)34-19(3)4/h13-16,18-19,21-23,34H,7-12,17H2,1-6H3,(H2,33,35,36,37). The maximum absolute atomic E-state index is 12.9. The lowest BCUT2D eigenvalue weighted by molar-refractivity contribution is 0.302. The molecular formula is C31H44ClN7O2S. The third-order valence-corrected chi connectivity index (χ3v) is 9.64. The molecule has 3 aromatic rings. The number of hydrogen-bond acceptors (Lipinski definition) is 8. The fraction of sp³-hybridized carbons (Fsp3) is 0.581. The number of anilines is 4. The highest BCUT2D eigenvalue weighted by molar-refractivity contribution is 7.85. The van der Waals surface area contributed by atoms with E-state index >= 15 is 0 Å². The number of hydrogen-bond donors (Lipinski definition) is 3. The van der Waals surface area contributed by atoms with Gasteiger partial charge in [-0.1, -0.05) is 39.3 Å². The van der Waals surface area contributed by atoms with E-state index in [2.05, 4.69) is 63.9 Å². The molecule has 0 bridgehead atoms. The Morgan fingerprint density at radius 1 is 1.07 bits per heavy atom. The average molecular weight is 614 g/mol. The largest absolute Gasteiger partial charge is 0.488 e. The molecule has 2 heterocycles. The molecule has 1 atom stereocenters. The van der Waals surface area contributed by atoms with E-state index in [1.807, 2.05) is 13.8 Å². The topological polar surface area (TPSA) is 106 Å². The van der Waals surface area contributed by atoms with Crippen LogP contribution < -0.4 is 20.7 Å². The molecule has 2 fully saturated rings. The molecule has 0 saturated heterocycles. The number of nitrogens with zero attached hydrogens (tertiary/aromatic N) is 4. The van der Waals surface area contributed by atoms with Crippen molar-refractivity contribution in [1.82, 2.24) is 25.1 Å². The fourth-order valence-corrected chi connectivity index (χ4v) is 7.08. The van der Waals surface area contributed by atoms with E-state index in [0.717, 1.165) is 24.3 Å². The Balaban J connectivity index is 1.36. The molecule has 3 N–H and O–H groups in total. The minimum absolute atomic E-state index is 0.256. The van der Waals surface area contributed by atoms with Crippen molar-refractivity contribution in [1.29, 1.82) is 0 Å². The number of ether oxygens (including phenoxy) is 1. The molecule has 5 rings (SSSR count). The second-order valence-electron chi connectivity index (χ2n) is 12.5. The van der Waals surface area contributed by atoms with Crippen molar-refractivity contribution in [2.45, 2.75) is 102 Å². The van der Waals surface area contributed by atoms with Gasteiger partial charge in [-0.05, 0) is 80.5 Å². The summed E-state index contributed by atoms with van der Waals surface area (Å²) >= 11 is 6.50. The van der Waals surface area contributed by atoms with Gasteiger partial charge < -0.3 is 20.7 Å². The lowest BCUT2D eigenvalue weighted by Gasteiger charge is -2.32. The number of rotatable bonds is 12. The Bertz CT molecular complexity index is 1410. The smallest absolute Gasteiger partial charge is 0.229 e. The van der Waals surface area contributed by atoms with Crippen molar-refractivity contribution in [2.24, 2.45) is 13.0 Å². The zero-order valence-corrected chi connectivity index (χ0v) is 27.1. The molecular weight excluding hydrogens is 570 g/mol. The lowest BCUT2D eigenvalue weighted by Crippen LogP contribution is -2.37. The molecule has 0 aliphatic heterocycles. The molecule has 11 heteroatoms. The van der Waals surface area contributed by atoms with Crippen LogP contribution >= 0.6 is 11.6 Å². The SMILES string of the molecule is Cc1cc(Nc2ncc(Cl)c(Nc3cn(C)nc3S(=O)CC(C)C)n2)c(OC2CC2)cc1C1CCC(NC(C)C)CC1. The van der Waals surface area contributed by atoms with Gasteiger partial charge in [0.1, 0.15) is 10.8 Å². The van der Waals surface area contributed by atoms with Crippen LogP contribution in [0.4, 0.5) is 23.1 Å². The summed E-state index contributed by atoms with van der Waals surface area (Å²) < 4.78 is 21.0. The first kappa shape index (κ1) is 30.8. The average Bonchev–Trinajstić information content (AvgIpc) is 3.66. The zero-order chi connectivity index (χ0) is 30.0. The maximum Gasteiger partial charge on any atom is 0.229 e. The van der Waals surface area contributed by atoms with E-state index in [4.69, 9.17) is 16.3 Å². The van der Waals surface area contributed by atoms with Gasteiger partial charge in [0.2, 0.25) is 5.95 Å². The van der Waals surface area contributed by atoms with Crippen molar-refractivity contribution in [3.05, 3.63) is 40.7 Å². The Kier molecular flexibility index (Phi) is 9.74. The Hall–Kier alpha value is -2.69. The minimum atomic E-state index is -1.25. The highest BCUT2D eigenvalue weighted by Gasteiger charge is 2.28. The van der Waals surface area contributed by atoms with Crippen molar-refractivity contribution in [3.8, 4) is 5.75 Å². The van der Waals surface area contributed by atoms with Gasteiger partial charge in [0.25, 0.3) is 0 Å². The number of nitrogens with one attached hydrogen (secondary N) is 3. The normalized spacial score (nSPS) is 19.7. The zero-order valence-electron chi connectivity index (χ0n) is 25.5. The molecule has 0 amide bonds. The molecule has 228 valence electrons. The predicted octanol–water partition coefficient (Wildman–Crippen LogP) is 6.99. The highest BCUT2D eigenvalue weighted by Crippen LogP contribution is 2.41. The number of aromatic nitrogens is 4. The van der Waals surface area contributed by atoms with E-state index in [9.17, 15) is 4.21 Å². The number of aryl methyl sites for hydroxylation is 2. The molecule has 2 saturated carbocycles. The summed E-state index contributed by atoms with van der Waals surface area (Å²) in [6.07, 6.45) is 10.5. The van der Waals surface area contributed by atoms with Crippen LogP contribution in [0.1, 0.15) is 83.3 Å². The molecule has 1 unspecified atom stereocenters. The number of benzene rings is 1. The first-order valence-electron chi connectivity index (χ1n) is 15.1. The molecule has 0 radical (unpaired) electrons. The van der Waals surface area contributed by atoms with Crippen LogP contribution in [-0.4, -0.2) is 47.9 Å². The molecule has 2 aliphatic rings. The van der Waals surface area contributed by atoms with Crippen LogP contribution in [0.2, 0.25) is 5.02 Å². The summed E-state index contributed by atoms with van der Waals surface area (Å²) in [7, 11) is 0.550. The summed E-state index contributed by atoms with van der Waals surface area (Å²) in [6.45, 7) is 10.7. The molecule has 0 spiro atoms. The van der Waals surface area contributed by atoms with Crippen molar-refractivity contribution in [2.75, 3.05) is 16.4 Å². The van der Waals surface area contributed by atoms with Gasteiger partial charge in [-0.3, -0.25) is 8.89 Å².